The first-order valence-corrected chi connectivity index (χ1v) is 20.4. The fourth-order valence-corrected chi connectivity index (χ4v) is 11.3. The lowest BCUT2D eigenvalue weighted by atomic mass is 9.33. The van der Waals surface area contributed by atoms with Gasteiger partial charge in [0, 0.05) is 31.8 Å². The van der Waals surface area contributed by atoms with Crippen LogP contribution in [0.2, 0.25) is 0 Å². The maximum Gasteiger partial charge on any atom is 0.246 e. The molecule has 0 spiro atoms. The molecule has 0 atom stereocenters. The normalized spacial score (nSPS) is 13.2. The van der Waals surface area contributed by atoms with E-state index >= 15 is 0 Å². The summed E-state index contributed by atoms with van der Waals surface area (Å²) in [6.45, 7) is 0.183. The maximum absolute atomic E-state index is 2.58. The zero-order valence-corrected chi connectivity index (χ0v) is 31.2. The van der Waals surface area contributed by atoms with Crippen molar-refractivity contribution in [3.05, 3.63) is 188 Å². The summed E-state index contributed by atoms with van der Waals surface area (Å²) in [7, 11) is 0. The minimum absolute atomic E-state index is 0.0804. The zero-order valence-electron chi connectivity index (χ0n) is 30.4. The van der Waals surface area contributed by atoms with Crippen molar-refractivity contribution < 1.29 is 0 Å². The molecule has 0 radical (unpaired) electrons. The number of rotatable bonds is 2. The molecule has 0 N–H and O–H groups in total. The van der Waals surface area contributed by atoms with Crippen molar-refractivity contribution in [1.82, 2.24) is 4.57 Å². The summed E-state index contributed by atoms with van der Waals surface area (Å²) in [6, 6.07) is 71.3. The molecular formula is C52H31B2NS. The second-order valence-corrected chi connectivity index (χ2v) is 16.7. The minimum atomic E-state index is 0.0804. The van der Waals surface area contributed by atoms with Crippen LogP contribution in [0.25, 0.3) is 70.6 Å². The summed E-state index contributed by atoms with van der Waals surface area (Å²) >= 11 is 1.93. The third-order valence-electron chi connectivity index (χ3n) is 12.6. The Balaban J connectivity index is 1.09. The molecule has 0 unspecified atom stereocenters. The van der Waals surface area contributed by atoms with E-state index in [0.29, 0.717) is 0 Å². The van der Waals surface area contributed by atoms with E-state index in [4.69, 9.17) is 0 Å². The molecule has 3 heterocycles. The SMILES string of the molecule is c1ccc2c(c1)Sc1cc3c(cc1B2c1ccc2cc4ccccc4cc2c1)-n1c2ccccc2c2cccc(c21)B3c1ccc2cc3ccccc3cc2c1. The Morgan fingerprint density at radius 2 is 0.875 bits per heavy atom. The molecule has 0 saturated heterocycles. The van der Waals surface area contributed by atoms with Crippen molar-refractivity contribution in [3.8, 4) is 5.69 Å². The van der Waals surface area contributed by atoms with Gasteiger partial charge < -0.3 is 4.57 Å². The van der Waals surface area contributed by atoms with Crippen LogP contribution < -0.4 is 32.8 Å². The molecule has 1 nitrogen and oxygen atoms in total. The first-order valence-electron chi connectivity index (χ1n) is 19.6. The molecule has 0 bridgehead atoms. The Kier molecular flexibility index (Phi) is 6.34. The van der Waals surface area contributed by atoms with Crippen LogP contribution in [-0.2, 0) is 0 Å². The van der Waals surface area contributed by atoms with Crippen LogP contribution in [0.5, 0.6) is 0 Å². The predicted molar refractivity (Wildman–Crippen MR) is 244 cm³/mol. The average Bonchev–Trinajstić information content (AvgIpc) is 3.59. The number of nitrogens with zero attached hydrogens (tertiary/aromatic N) is 1. The van der Waals surface area contributed by atoms with Crippen LogP contribution in [0.1, 0.15) is 0 Å². The van der Waals surface area contributed by atoms with Gasteiger partial charge in [-0.2, -0.15) is 0 Å². The molecular weight excluding hydrogens is 692 g/mol. The van der Waals surface area contributed by atoms with Gasteiger partial charge in [-0.05, 0) is 96.5 Å². The molecule has 56 heavy (non-hydrogen) atoms. The summed E-state index contributed by atoms with van der Waals surface area (Å²) in [5, 5.41) is 12.9. The van der Waals surface area contributed by atoms with E-state index in [-0.39, 0.29) is 13.4 Å². The van der Waals surface area contributed by atoms with Gasteiger partial charge in [0.05, 0.1) is 5.52 Å². The van der Waals surface area contributed by atoms with Crippen LogP contribution in [0.3, 0.4) is 0 Å². The first kappa shape index (κ1) is 30.8. The van der Waals surface area contributed by atoms with E-state index in [2.05, 4.69) is 193 Å². The molecule has 0 aliphatic carbocycles. The molecule has 256 valence electrons. The van der Waals surface area contributed by atoms with E-state index < -0.39 is 0 Å². The van der Waals surface area contributed by atoms with Crippen molar-refractivity contribution in [2.75, 3.05) is 0 Å². The standard InChI is InChI=1S/C52H31B2NS/c1-3-12-34-26-38-28-40(22-20-36(38)24-32(34)10-1)53-44-16-6-8-19-50(44)56-51-31-46-49(30-47(51)53)55-48-18-7-5-14-42(48)43-15-9-17-45(52(43)55)54(46)41-23-21-37-25-33-11-2-4-13-35(33)27-39(37)29-41/h1-31H. The number of hydrogen-bond donors (Lipinski definition) is 0. The molecule has 13 rings (SSSR count). The molecule has 11 aromatic rings. The van der Waals surface area contributed by atoms with Crippen LogP contribution in [0.4, 0.5) is 0 Å². The van der Waals surface area contributed by atoms with Crippen molar-refractivity contribution in [2.45, 2.75) is 9.79 Å². The maximum atomic E-state index is 2.58. The van der Waals surface area contributed by atoms with Crippen LogP contribution in [0, 0.1) is 0 Å². The van der Waals surface area contributed by atoms with E-state index in [0.717, 1.165) is 0 Å². The monoisotopic (exact) mass is 723 g/mol. The molecule has 0 amide bonds. The second-order valence-electron chi connectivity index (χ2n) is 15.7. The quantitative estimate of drug-likeness (QED) is 0.127. The topological polar surface area (TPSA) is 4.93 Å². The smallest absolute Gasteiger partial charge is 0.246 e. The number of aromatic nitrogens is 1. The summed E-state index contributed by atoms with van der Waals surface area (Å²) in [6.07, 6.45) is 0. The second kappa shape index (κ2) is 11.5. The lowest BCUT2D eigenvalue weighted by Crippen LogP contribution is -2.59. The minimum Gasteiger partial charge on any atom is -0.310 e. The highest BCUT2D eigenvalue weighted by Crippen LogP contribution is 2.36. The van der Waals surface area contributed by atoms with E-state index in [1.807, 2.05) is 11.8 Å². The van der Waals surface area contributed by atoms with Crippen LogP contribution >= 0.6 is 11.8 Å². The highest BCUT2D eigenvalue weighted by atomic mass is 32.2. The predicted octanol–water partition coefficient (Wildman–Crippen LogP) is 9.21. The van der Waals surface area contributed by atoms with Gasteiger partial charge in [-0.1, -0.05) is 179 Å². The Morgan fingerprint density at radius 3 is 1.57 bits per heavy atom. The van der Waals surface area contributed by atoms with Crippen LogP contribution in [-0.4, -0.2) is 18.0 Å². The summed E-state index contributed by atoms with van der Waals surface area (Å²) in [5.41, 5.74) is 12.0. The van der Waals surface area contributed by atoms with E-state index in [1.165, 1.54) is 113 Å². The van der Waals surface area contributed by atoms with Gasteiger partial charge in [-0.15, -0.1) is 0 Å². The molecule has 0 saturated carbocycles. The fraction of sp³-hybridized carbons (Fsp3) is 0. The Bertz CT molecular complexity index is 3490. The number of para-hydroxylation sites is 2. The Hall–Kier alpha value is -6.48. The molecule has 4 heteroatoms. The highest BCUT2D eigenvalue weighted by molar-refractivity contribution is 8.00. The third-order valence-corrected chi connectivity index (χ3v) is 13.8. The van der Waals surface area contributed by atoms with Crippen molar-refractivity contribution in [3.63, 3.8) is 0 Å². The Labute approximate surface area is 329 Å². The summed E-state index contributed by atoms with van der Waals surface area (Å²) in [4.78, 5) is 2.68. The van der Waals surface area contributed by atoms with Crippen molar-refractivity contribution in [2.24, 2.45) is 0 Å². The van der Waals surface area contributed by atoms with Gasteiger partial charge in [-0.3, -0.25) is 0 Å². The van der Waals surface area contributed by atoms with Gasteiger partial charge in [0.15, 0.2) is 0 Å². The summed E-state index contributed by atoms with van der Waals surface area (Å²) < 4.78 is 2.58. The fourth-order valence-electron chi connectivity index (χ4n) is 10.1. The van der Waals surface area contributed by atoms with E-state index in [1.54, 1.807) is 0 Å². The molecule has 2 aliphatic heterocycles. The van der Waals surface area contributed by atoms with Gasteiger partial charge in [0.1, 0.15) is 0 Å². The van der Waals surface area contributed by atoms with Gasteiger partial charge in [0.25, 0.3) is 0 Å². The Morgan fingerprint density at radius 1 is 0.339 bits per heavy atom. The van der Waals surface area contributed by atoms with Crippen LogP contribution in [0.15, 0.2) is 198 Å². The lowest BCUT2D eigenvalue weighted by molar-refractivity contribution is 1.18. The molecule has 10 aromatic carbocycles. The zero-order chi connectivity index (χ0) is 36.5. The molecule has 2 aliphatic rings. The highest BCUT2D eigenvalue weighted by Gasteiger charge is 2.38. The van der Waals surface area contributed by atoms with Crippen molar-refractivity contribution in [1.29, 1.82) is 0 Å². The van der Waals surface area contributed by atoms with Gasteiger partial charge >= 0.3 is 0 Å². The average molecular weight is 724 g/mol. The van der Waals surface area contributed by atoms with Gasteiger partial charge in [-0.25, -0.2) is 0 Å². The lowest BCUT2D eigenvalue weighted by Gasteiger charge is -2.32. The van der Waals surface area contributed by atoms with E-state index in [9.17, 15) is 0 Å². The third kappa shape index (κ3) is 4.36. The van der Waals surface area contributed by atoms with Gasteiger partial charge in [0.2, 0.25) is 13.4 Å². The van der Waals surface area contributed by atoms with Crippen molar-refractivity contribution >= 4 is 123 Å². The molecule has 0 fully saturated rings. The molecule has 1 aromatic heterocycles. The number of fused-ring (bicyclic) bond motifs is 11. The summed E-state index contributed by atoms with van der Waals surface area (Å²) in [5.74, 6) is 0. The first-order chi connectivity index (χ1) is 27.7. The number of benzene rings is 10. The number of hydrogen-bond acceptors (Lipinski definition) is 1. The largest absolute Gasteiger partial charge is 0.310 e.